The van der Waals surface area contributed by atoms with E-state index >= 15 is 0 Å². The topological polar surface area (TPSA) is 121 Å². The number of imidazole rings is 1. The standard InChI is InChI=1S/C25H25F3N8O2/c1-15-2-6-20(34-33-15)31-17-4-5-19-18(12-17)30-14-36(19)21-7-3-16(8-11-37)23(32-21)24(25(26,27)28)35-10-9-29-22(38)13-35/h2-7,12,14,24,37H,8-11,13H2,1H3,(H,29,38)(H,31,34). The van der Waals surface area contributed by atoms with Gasteiger partial charge in [-0.25, -0.2) is 9.97 Å². The molecule has 1 amide bonds. The number of carbonyl (C=O) groups is 1. The normalized spacial score (nSPS) is 15.4. The van der Waals surface area contributed by atoms with E-state index in [-0.39, 0.29) is 43.2 Å². The lowest BCUT2D eigenvalue weighted by Gasteiger charge is -2.35. The first-order valence-corrected chi connectivity index (χ1v) is 12.0. The van der Waals surface area contributed by atoms with Gasteiger partial charge in [-0.2, -0.15) is 18.3 Å². The van der Waals surface area contributed by atoms with E-state index in [1.807, 2.05) is 13.0 Å². The zero-order valence-electron chi connectivity index (χ0n) is 20.4. The third kappa shape index (κ3) is 5.29. The third-order valence-corrected chi connectivity index (χ3v) is 6.25. The number of hydrogen-bond acceptors (Lipinski definition) is 8. The third-order valence-electron chi connectivity index (χ3n) is 6.25. The largest absolute Gasteiger partial charge is 0.409 e. The predicted molar refractivity (Wildman–Crippen MR) is 133 cm³/mol. The molecule has 1 aromatic carbocycles. The Bertz CT molecular complexity index is 1460. The van der Waals surface area contributed by atoms with Gasteiger partial charge in [0.05, 0.1) is 29.0 Å². The molecule has 13 heteroatoms. The highest BCUT2D eigenvalue weighted by Gasteiger charge is 2.47. The maximum absolute atomic E-state index is 14.4. The summed E-state index contributed by atoms with van der Waals surface area (Å²) in [6.07, 6.45) is -3.20. The Labute approximate surface area is 215 Å². The van der Waals surface area contributed by atoms with Gasteiger partial charge in [0.25, 0.3) is 0 Å². The number of amides is 1. The van der Waals surface area contributed by atoms with Crippen molar-refractivity contribution < 1.29 is 23.1 Å². The number of aliphatic hydroxyl groups excluding tert-OH is 1. The van der Waals surface area contributed by atoms with Gasteiger partial charge in [-0.05, 0) is 55.3 Å². The van der Waals surface area contributed by atoms with Crippen molar-refractivity contribution in [1.82, 2.24) is 34.9 Å². The van der Waals surface area contributed by atoms with E-state index in [1.54, 1.807) is 34.9 Å². The number of aromatic nitrogens is 5. The number of alkyl halides is 3. The molecular weight excluding hydrogens is 501 g/mol. The number of aryl methyl sites for hydroxylation is 1. The van der Waals surface area contributed by atoms with Gasteiger partial charge in [0.2, 0.25) is 5.91 Å². The summed E-state index contributed by atoms with van der Waals surface area (Å²) < 4.78 is 44.8. The van der Waals surface area contributed by atoms with E-state index in [4.69, 9.17) is 0 Å². The summed E-state index contributed by atoms with van der Waals surface area (Å²) in [5.74, 6) is 0.321. The molecule has 1 fully saturated rings. The van der Waals surface area contributed by atoms with Crippen molar-refractivity contribution in [3.05, 3.63) is 65.7 Å². The molecule has 1 unspecified atom stereocenters. The second-order valence-corrected chi connectivity index (χ2v) is 8.96. The number of pyridine rings is 1. The minimum absolute atomic E-state index is 0.00314. The van der Waals surface area contributed by atoms with Gasteiger partial charge < -0.3 is 15.7 Å². The fourth-order valence-electron chi connectivity index (χ4n) is 4.50. The molecule has 0 aliphatic carbocycles. The molecular formula is C25H25F3N8O2. The minimum atomic E-state index is -4.69. The molecule has 38 heavy (non-hydrogen) atoms. The maximum Gasteiger partial charge on any atom is 0.409 e. The summed E-state index contributed by atoms with van der Waals surface area (Å²) >= 11 is 0. The number of hydrogen-bond donors (Lipinski definition) is 3. The Morgan fingerprint density at radius 1 is 1.16 bits per heavy atom. The molecule has 4 aromatic rings. The highest BCUT2D eigenvalue weighted by Crippen LogP contribution is 2.39. The number of nitrogens with zero attached hydrogens (tertiary/aromatic N) is 6. The second kappa shape index (κ2) is 10.3. The summed E-state index contributed by atoms with van der Waals surface area (Å²) in [4.78, 5) is 21.8. The van der Waals surface area contributed by atoms with Crippen molar-refractivity contribution >= 4 is 28.4 Å². The Kier molecular flexibility index (Phi) is 6.95. The van der Waals surface area contributed by atoms with Crippen molar-refractivity contribution in [2.75, 3.05) is 31.6 Å². The van der Waals surface area contributed by atoms with E-state index in [9.17, 15) is 23.1 Å². The molecule has 3 aromatic heterocycles. The Hall–Kier alpha value is -4.10. The lowest BCUT2D eigenvalue weighted by atomic mass is 10.0. The van der Waals surface area contributed by atoms with Gasteiger partial charge in [0.15, 0.2) is 5.82 Å². The molecule has 3 N–H and O–H groups in total. The van der Waals surface area contributed by atoms with Crippen LogP contribution in [0.25, 0.3) is 16.9 Å². The van der Waals surface area contributed by atoms with Crippen LogP contribution in [-0.4, -0.2) is 73.1 Å². The summed E-state index contributed by atoms with van der Waals surface area (Å²) in [6, 6.07) is 10.0. The summed E-state index contributed by atoms with van der Waals surface area (Å²) in [7, 11) is 0. The van der Waals surface area contributed by atoms with Crippen LogP contribution in [0.3, 0.4) is 0 Å². The van der Waals surface area contributed by atoms with Crippen LogP contribution < -0.4 is 10.6 Å². The number of rotatable bonds is 7. The number of carbonyl (C=O) groups excluding carboxylic acids is 1. The first kappa shape index (κ1) is 25.5. The predicted octanol–water partition coefficient (Wildman–Crippen LogP) is 2.83. The number of anilines is 2. The molecule has 0 radical (unpaired) electrons. The number of benzene rings is 1. The Morgan fingerprint density at radius 3 is 2.71 bits per heavy atom. The summed E-state index contributed by atoms with van der Waals surface area (Å²) in [6.45, 7) is 1.23. The highest BCUT2D eigenvalue weighted by atomic mass is 19.4. The molecule has 0 bridgehead atoms. The number of halogens is 3. The van der Waals surface area contributed by atoms with Crippen LogP contribution in [0.2, 0.25) is 0 Å². The SMILES string of the molecule is Cc1ccc(Nc2ccc3c(c2)ncn3-c2ccc(CCO)c(C(N3CCNC(=O)C3)C(F)(F)F)n2)nn1. The quantitative estimate of drug-likeness (QED) is 0.336. The summed E-state index contributed by atoms with van der Waals surface area (Å²) in [5.41, 5.74) is 2.76. The first-order chi connectivity index (χ1) is 18.2. The van der Waals surface area contributed by atoms with Crippen molar-refractivity contribution in [1.29, 1.82) is 0 Å². The average molecular weight is 527 g/mol. The fourth-order valence-corrected chi connectivity index (χ4v) is 4.50. The van der Waals surface area contributed by atoms with Crippen molar-refractivity contribution in [2.45, 2.75) is 25.6 Å². The number of aliphatic hydroxyl groups is 1. The lowest BCUT2D eigenvalue weighted by Crippen LogP contribution is -2.52. The molecule has 10 nitrogen and oxygen atoms in total. The van der Waals surface area contributed by atoms with Crippen LogP contribution in [0.5, 0.6) is 0 Å². The van der Waals surface area contributed by atoms with Crippen LogP contribution in [-0.2, 0) is 11.2 Å². The molecule has 198 valence electrons. The summed E-state index contributed by atoms with van der Waals surface area (Å²) in [5, 5.41) is 23.3. The first-order valence-electron chi connectivity index (χ1n) is 12.0. The minimum Gasteiger partial charge on any atom is -0.396 e. The van der Waals surface area contributed by atoms with Gasteiger partial charge >= 0.3 is 6.18 Å². The molecule has 5 rings (SSSR count). The van der Waals surface area contributed by atoms with Crippen LogP contribution in [0.1, 0.15) is 23.0 Å². The molecule has 4 heterocycles. The van der Waals surface area contributed by atoms with Crippen LogP contribution >= 0.6 is 0 Å². The van der Waals surface area contributed by atoms with Crippen LogP contribution in [0, 0.1) is 6.92 Å². The van der Waals surface area contributed by atoms with Gasteiger partial charge in [0.1, 0.15) is 18.2 Å². The van der Waals surface area contributed by atoms with Gasteiger partial charge in [-0.3, -0.25) is 14.3 Å². The molecule has 0 spiro atoms. The van der Waals surface area contributed by atoms with Crippen molar-refractivity contribution in [3.63, 3.8) is 0 Å². The van der Waals surface area contributed by atoms with Crippen molar-refractivity contribution in [2.24, 2.45) is 0 Å². The lowest BCUT2D eigenvalue weighted by molar-refractivity contribution is -0.190. The Morgan fingerprint density at radius 2 is 2.00 bits per heavy atom. The average Bonchev–Trinajstić information content (AvgIpc) is 3.29. The second-order valence-electron chi connectivity index (χ2n) is 8.96. The van der Waals surface area contributed by atoms with Crippen LogP contribution in [0.15, 0.2) is 48.8 Å². The number of fused-ring (bicyclic) bond motifs is 1. The fraction of sp³-hybridized carbons (Fsp3) is 0.320. The Balaban J connectivity index is 1.52. The molecule has 0 saturated carbocycles. The highest BCUT2D eigenvalue weighted by molar-refractivity contribution is 5.82. The van der Waals surface area contributed by atoms with E-state index in [1.165, 1.54) is 12.4 Å². The number of piperazine rings is 1. The molecule has 1 atom stereocenters. The number of nitrogens with one attached hydrogen (secondary N) is 2. The van der Waals surface area contributed by atoms with Gasteiger partial charge in [-0.15, -0.1) is 5.10 Å². The molecule has 1 aliphatic rings. The van der Waals surface area contributed by atoms with E-state index in [0.29, 0.717) is 22.5 Å². The van der Waals surface area contributed by atoms with Gasteiger partial charge in [-0.1, -0.05) is 6.07 Å². The molecule has 1 saturated heterocycles. The smallest absolute Gasteiger partial charge is 0.396 e. The van der Waals surface area contributed by atoms with Gasteiger partial charge in [0, 0.05) is 25.4 Å². The van der Waals surface area contributed by atoms with E-state index in [2.05, 4.69) is 30.8 Å². The zero-order valence-corrected chi connectivity index (χ0v) is 20.4. The zero-order chi connectivity index (χ0) is 26.9. The molecule has 1 aliphatic heterocycles. The maximum atomic E-state index is 14.4. The van der Waals surface area contributed by atoms with E-state index < -0.39 is 24.7 Å². The van der Waals surface area contributed by atoms with Crippen LogP contribution in [0.4, 0.5) is 24.7 Å². The van der Waals surface area contributed by atoms with E-state index in [0.717, 1.165) is 10.6 Å². The monoisotopic (exact) mass is 526 g/mol. The van der Waals surface area contributed by atoms with Crippen molar-refractivity contribution in [3.8, 4) is 5.82 Å².